The molecule has 3 aliphatic carbocycles. The van der Waals surface area contributed by atoms with Gasteiger partial charge in [0.05, 0.1) is 5.60 Å². The third-order valence-corrected chi connectivity index (χ3v) is 4.35. The first-order chi connectivity index (χ1) is 5.33. The third-order valence-electron chi connectivity index (χ3n) is 4.35. The predicted molar refractivity (Wildman–Crippen MR) is 43.1 cm³/mol. The molecule has 3 saturated carbocycles. The molecule has 0 spiro atoms. The Bertz CT molecular complexity index is 168. The second-order valence-electron chi connectivity index (χ2n) is 4.66. The fraction of sp³-hybridized carbons (Fsp3) is 1.00. The number of hydrogen-bond acceptors (Lipinski definition) is 1. The second-order valence-corrected chi connectivity index (χ2v) is 4.66. The van der Waals surface area contributed by atoms with Crippen LogP contribution in [0.5, 0.6) is 0 Å². The van der Waals surface area contributed by atoms with Crippen LogP contribution >= 0.6 is 0 Å². The summed E-state index contributed by atoms with van der Waals surface area (Å²) in [5, 5.41) is 10.2. The smallest absolute Gasteiger partial charge is 0.0739 e. The molecule has 1 nitrogen and oxygen atoms in total. The molecule has 2 unspecified atom stereocenters. The highest BCUT2D eigenvalue weighted by Gasteiger charge is 2.68. The molecule has 0 heterocycles. The molecular weight excluding hydrogens is 136 g/mol. The molecule has 0 aromatic carbocycles. The van der Waals surface area contributed by atoms with Crippen molar-refractivity contribution < 1.29 is 5.11 Å². The van der Waals surface area contributed by atoms with E-state index in [1.165, 1.54) is 38.5 Å². The van der Waals surface area contributed by atoms with Crippen molar-refractivity contribution in [1.29, 1.82) is 0 Å². The van der Waals surface area contributed by atoms with Crippen LogP contribution in [0.3, 0.4) is 0 Å². The van der Waals surface area contributed by atoms with E-state index in [4.69, 9.17) is 0 Å². The minimum atomic E-state index is -0.142. The van der Waals surface area contributed by atoms with Crippen molar-refractivity contribution in [3.8, 4) is 0 Å². The summed E-state index contributed by atoms with van der Waals surface area (Å²) in [6.07, 6.45) is 8.00. The molecule has 3 rings (SSSR count). The Hall–Kier alpha value is -0.0400. The molecule has 1 heteroatoms. The maximum atomic E-state index is 10.2. The van der Waals surface area contributed by atoms with E-state index in [1.807, 2.05) is 0 Å². The monoisotopic (exact) mass is 152 g/mol. The summed E-state index contributed by atoms with van der Waals surface area (Å²) in [5.41, 5.74) is -0.142. The highest BCUT2D eigenvalue weighted by molar-refractivity contribution is 5.18. The molecular formula is C10H16O. The lowest BCUT2D eigenvalue weighted by molar-refractivity contribution is 0.00613. The van der Waals surface area contributed by atoms with Gasteiger partial charge in [-0.1, -0.05) is 12.8 Å². The molecule has 3 fully saturated rings. The van der Waals surface area contributed by atoms with Crippen molar-refractivity contribution in [3.63, 3.8) is 0 Å². The minimum absolute atomic E-state index is 0.142. The maximum absolute atomic E-state index is 10.2. The Morgan fingerprint density at radius 1 is 0.909 bits per heavy atom. The molecule has 0 aromatic heterocycles. The van der Waals surface area contributed by atoms with Crippen LogP contribution in [-0.4, -0.2) is 10.7 Å². The molecule has 0 saturated heterocycles. The highest BCUT2D eigenvalue weighted by atomic mass is 16.3. The van der Waals surface area contributed by atoms with E-state index in [1.54, 1.807) is 0 Å². The van der Waals surface area contributed by atoms with Gasteiger partial charge in [-0.15, -0.1) is 0 Å². The Balaban J connectivity index is 1.77. The van der Waals surface area contributed by atoms with Crippen LogP contribution in [0.4, 0.5) is 0 Å². The minimum Gasteiger partial charge on any atom is -0.389 e. The van der Waals surface area contributed by atoms with Gasteiger partial charge in [0.2, 0.25) is 0 Å². The van der Waals surface area contributed by atoms with Crippen LogP contribution in [0.1, 0.15) is 38.5 Å². The topological polar surface area (TPSA) is 20.2 Å². The highest BCUT2D eigenvalue weighted by Crippen LogP contribution is 2.66. The second kappa shape index (κ2) is 1.82. The molecule has 3 aliphatic rings. The third kappa shape index (κ3) is 0.618. The first-order valence-electron chi connectivity index (χ1n) is 5.06. The lowest BCUT2D eigenvalue weighted by Gasteiger charge is -2.33. The standard InChI is InChI=1S/C10H16O/c11-10(7-3-1-4-7)8-5-2-6-9(8)10/h7-9,11H,1-6H2. The van der Waals surface area contributed by atoms with Crippen molar-refractivity contribution in [2.75, 3.05) is 0 Å². The Morgan fingerprint density at radius 2 is 1.45 bits per heavy atom. The van der Waals surface area contributed by atoms with Gasteiger partial charge in [-0.2, -0.15) is 0 Å². The van der Waals surface area contributed by atoms with E-state index in [0.717, 1.165) is 11.8 Å². The molecule has 11 heavy (non-hydrogen) atoms. The van der Waals surface area contributed by atoms with E-state index in [0.29, 0.717) is 5.92 Å². The Kier molecular flexibility index (Phi) is 1.07. The van der Waals surface area contributed by atoms with Gasteiger partial charge in [-0.3, -0.25) is 0 Å². The van der Waals surface area contributed by atoms with Crippen LogP contribution in [0.15, 0.2) is 0 Å². The summed E-state index contributed by atoms with van der Waals surface area (Å²) in [6, 6.07) is 0. The molecule has 62 valence electrons. The summed E-state index contributed by atoms with van der Waals surface area (Å²) >= 11 is 0. The number of aliphatic hydroxyl groups is 1. The van der Waals surface area contributed by atoms with Gasteiger partial charge in [0.15, 0.2) is 0 Å². The number of hydrogen-bond donors (Lipinski definition) is 1. The quantitative estimate of drug-likeness (QED) is 0.609. The van der Waals surface area contributed by atoms with Crippen LogP contribution in [-0.2, 0) is 0 Å². The number of fused-ring (bicyclic) bond motifs is 1. The summed E-state index contributed by atoms with van der Waals surface area (Å²) in [5.74, 6) is 2.17. The SMILES string of the molecule is OC1(C2CCC2)C2CCCC21. The van der Waals surface area contributed by atoms with Crippen molar-refractivity contribution in [3.05, 3.63) is 0 Å². The summed E-state index contributed by atoms with van der Waals surface area (Å²) in [6.45, 7) is 0. The molecule has 0 aromatic rings. The van der Waals surface area contributed by atoms with Gasteiger partial charge < -0.3 is 5.11 Å². The molecule has 0 amide bonds. The van der Waals surface area contributed by atoms with Crippen LogP contribution in [0, 0.1) is 17.8 Å². The normalized spacial score (nSPS) is 55.4. The number of rotatable bonds is 1. The van der Waals surface area contributed by atoms with E-state index in [-0.39, 0.29) is 5.60 Å². The van der Waals surface area contributed by atoms with Gasteiger partial charge in [0.1, 0.15) is 0 Å². The fourth-order valence-electron chi connectivity index (χ4n) is 3.44. The molecule has 2 atom stereocenters. The summed E-state index contributed by atoms with van der Waals surface area (Å²) < 4.78 is 0. The largest absolute Gasteiger partial charge is 0.389 e. The van der Waals surface area contributed by atoms with Gasteiger partial charge in [-0.05, 0) is 43.4 Å². The van der Waals surface area contributed by atoms with Gasteiger partial charge in [-0.25, -0.2) is 0 Å². The van der Waals surface area contributed by atoms with E-state index < -0.39 is 0 Å². The van der Waals surface area contributed by atoms with E-state index >= 15 is 0 Å². The average Bonchev–Trinajstić information content (AvgIpc) is 2.33. The average molecular weight is 152 g/mol. The molecule has 0 bridgehead atoms. The summed E-state index contributed by atoms with van der Waals surface area (Å²) in [4.78, 5) is 0. The van der Waals surface area contributed by atoms with Crippen molar-refractivity contribution in [2.24, 2.45) is 17.8 Å². The van der Waals surface area contributed by atoms with Gasteiger partial charge >= 0.3 is 0 Å². The van der Waals surface area contributed by atoms with Gasteiger partial charge in [0, 0.05) is 0 Å². The molecule has 0 aliphatic heterocycles. The first kappa shape index (κ1) is 6.47. The zero-order valence-corrected chi connectivity index (χ0v) is 6.92. The maximum Gasteiger partial charge on any atom is 0.0739 e. The lowest BCUT2D eigenvalue weighted by Crippen LogP contribution is -2.32. The van der Waals surface area contributed by atoms with E-state index in [2.05, 4.69) is 0 Å². The Morgan fingerprint density at radius 3 is 1.91 bits per heavy atom. The van der Waals surface area contributed by atoms with Crippen molar-refractivity contribution >= 4 is 0 Å². The van der Waals surface area contributed by atoms with Crippen LogP contribution in [0.25, 0.3) is 0 Å². The fourth-order valence-corrected chi connectivity index (χ4v) is 3.44. The molecule has 0 radical (unpaired) electrons. The van der Waals surface area contributed by atoms with Gasteiger partial charge in [0.25, 0.3) is 0 Å². The first-order valence-corrected chi connectivity index (χ1v) is 5.06. The predicted octanol–water partition coefficient (Wildman–Crippen LogP) is 1.95. The Labute approximate surface area is 67.8 Å². The zero-order chi connectivity index (χ0) is 7.47. The van der Waals surface area contributed by atoms with Crippen molar-refractivity contribution in [1.82, 2.24) is 0 Å². The lowest BCUT2D eigenvalue weighted by atomic mass is 9.76. The zero-order valence-electron chi connectivity index (χ0n) is 6.92. The molecule has 1 N–H and O–H groups in total. The van der Waals surface area contributed by atoms with Crippen LogP contribution < -0.4 is 0 Å². The van der Waals surface area contributed by atoms with Crippen LogP contribution in [0.2, 0.25) is 0 Å². The van der Waals surface area contributed by atoms with Crippen molar-refractivity contribution in [2.45, 2.75) is 44.1 Å². The van der Waals surface area contributed by atoms with E-state index in [9.17, 15) is 5.11 Å². The summed E-state index contributed by atoms with van der Waals surface area (Å²) in [7, 11) is 0.